The maximum atomic E-state index is 14.4. The van der Waals surface area contributed by atoms with Crippen molar-refractivity contribution < 1.29 is 22.3 Å². The molecule has 39 heavy (non-hydrogen) atoms. The number of aromatic nitrogens is 3. The van der Waals surface area contributed by atoms with Gasteiger partial charge in [-0.2, -0.15) is 18.2 Å². The lowest BCUT2D eigenvalue weighted by molar-refractivity contribution is -0.153. The Morgan fingerprint density at radius 1 is 1.05 bits per heavy atom. The van der Waals surface area contributed by atoms with Crippen molar-refractivity contribution in [2.45, 2.75) is 44.3 Å². The van der Waals surface area contributed by atoms with E-state index in [4.69, 9.17) is 4.74 Å². The molecule has 5 rings (SSSR count). The van der Waals surface area contributed by atoms with Crippen molar-refractivity contribution >= 4 is 28.8 Å². The van der Waals surface area contributed by atoms with Crippen molar-refractivity contribution in [1.29, 1.82) is 0 Å². The molecule has 1 N–H and O–H groups in total. The number of hydrogen-bond acceptors (Lipinski definition) is 6. The Bertz CT molecular complexity index is 1430. The highest BCUT2D eigenvalue weighted by Gasteiger charge is 2.47. The smallest absolute Gasteiger partial charge is 0.410 e. The second kappa shape index (κ2) is 10.7. The average molecular weight is 560 g/mol. The Morgan fingerprint density at radius 2 is 1.82 bits per heavy atom. The Labute approximate surface area is 228 Å². The molecular weight excluding hydrogens is 530 g/mol. The third-order valence-corrected chi connectivity index (χ3v) is 7.47. The number of piperazine rings is 1. The molecule has 11 heteroatoms. The molecule has 6 nitrogen and oxygen atoms in total. The van der Waals surface area contributed by atoms with E-state index in [1.54, 1.807) is 41.0 Å². The van der Waals surface area contributed by atoms with Crippen molar-refractivity contribution in [2.75, 3.05) is 24.5 Å². The summed E-state index contributed by atoms with van der Waals surface area (Å²) in [6.07, 6.45) is -1.05. The first-order valence-electron chi connectivity index (χ1n) is 12.6. The number of aromatic amines is 1. The molecule has 0 aliphatic carbocycles. The van der Waals surface area contributed by atoms with Crippen LogP contribution in [0.2, 0.25) is 0 Å². The summed E-state index contributed by atoms with van der Waals surface area (Å²) in [5, 5.41) is 0.853. The number of anilines is 1. The van der Waals surface area contributed by atoms with Gasteiger partial charge in [0, 0.05) is 49.2 Å². The number of hydrogen-bond donors (Lipinski definition) is 1. The highest BCUT2D eigenvalue weighted by Crippen LogP contribution is 2.37. The van der Waals surface area contributed by atoms with Crippen molar-refractivity contribution in [3.8, 4) is 17.0 Å². The second-order valence-corrected chi connectivity index (χ2v) is 11.5. The molecule has 0 spiro atoms. The number of ether oxygens (including phenoxy) is 1. The third-order valence-electron chi connectivity index (χ3n) is 6.31. The van der Waals surface area contributed by atoms with Gasteiger partial charge < -0.3 is 14.6 Å². The maximum Gasteiger partial charge on any atom is 0.410 e. The van der Waals surface area contributed by atoms with Crippen molar-refractivity contribution in [1.82, 2.24) is 19.3 Å². The van der Waals surface area contributed by atoms with Gasteiger partial charge in [-0.25, -0.2) is 13.7 Å². The van der Waals surface area contributed by atoms with Gasteiger partial charge in [0.15, 0.2) is 0 Å². The van der Waals surface area contributed by atoms with Gasteiger partial charge in [0.2, 0.25) is 5.88 Å². The standard InChI is InChI=1S/C28H29F4N5OS/c1-27(2,3)38-25-15-19(21-8-10-33-26-22(21)9-11-34-26)14-24(35-25)37-13-12-36(16-23(37)28(30,31)32)39-17-18-4-6-20(29)7-5-18/h4-11,14-15,23H,12-13,16-17H2,1-3H3,(H,33,34). The molecule has 1 aliphatic rings. The van der Waals surface area contributed by atoms with Crippen LogP contribution in [0.15, 0.2) is 60.9 Å². The fraction of sp³-hybridized carbons (Fsp3) is 0.357. The molecule has 1 atom stereocenters. The normalized spacial score (nSPS) is 17.1. The third kappa shape index (κ3) is 6.47. The molecule has 206 valence electrons. The molecule has 4 heterocycles. The molecule has 3 aromatic heterocycles. The monoisotopic (exact) mass is 559 g/mol. The molecule has 0 bridgehead atoms. The predicted octanol–water partition coefficient (Wildman–Crippen LogP) is 6.84. The lowest BCUT2D eigenvalue weighted by Gasteiger charge is -2.42. The van der Waals surface area contributed by atoms with E-state index in [0.717, 1.165) is 16.5 Å². The Hall–Kier alpha value is -3.31. The number of H-pyrrole nitrogens is 1. The first-order valence-corrected chi connectivity index (χ1v) is 13.5. The lowest BCUT2D eigenvalue weighted by Crippen LogP contribution is -2.58. The Balaban J connectivity index is 1.46. The fourth-order valence-electron chi connectivity index (χ4n) is 4.55. The number of fused-ring (bicyclic) bond motifs is 1. The van der Waals surface area contributed by atoms with Crippen LogP contribution in [0.1, 0.15) is 26.3 Å². The van der Waals surface area contributed by atoms with Crippen LogP contribution in [0.25, 0.3) is 22.2 Å². The van der Waals surface area contributed by atoms with E-state index in [1.165, 1.54) is 29.0 Å². The summed E-state index contributed by atoms with van der Waals surface area (Å²) in [5.41, 5.74) is 2.45. The molecule has 1 aliphatic heterocycles. The van der Waals surface area contributed by atoms with Crippen LogP contribution in [0.4, 0.5) is 23.4 Å². The minimum atomic E-state index is -4.48. The van der Waals surface area contributed by atoms with Gasteiger partial charge in [0.1, 0.15) is 28.9 Å². The van der Waals surface area contributed by atoms with E-state index in [-0.39, 0.29) is 30.6 Å². The number of rotatable bonds is 6. The van der Waals surface area contributed by atoms with E-state index in [1.807, 2.05) is 32.9 Å². The molecular formula is C28H29F4N5OS. The highest BCUT2D eigenvalue weighted by molar-refractivity contribution is 7.96. The van der Waals surface area contributed by atoms with E-state index in [0.29, 0.717) is 23.5 Å². The first kappa shape index (κ1) is 27.3. The Kier molecular flexibility index (Phi) is 7.47. The van der Waals surface area contributed by atoms with Crippen LogP contribution >= 0.6 is 11.9 Å². The van der Waals surface area contributed by atoms with Gasteiger partial charge in [-0.15, -0.1) is 0 Å². The molecule has 0 amide bonds. The summed E-state index contributed by atoms with van der Waals surface area (Å²) in [6.45, 7) is 5.90. The molecule has 4 aromatic rings. The summed E-state index contributed by atoms with van der Waals surface area (Å²) in [6, 6.07) is 11.4. The summed E-state index contributed by atoms with van der Waals surface area (Å²) >= 11 is 1.32. The molecule has 1 unspecified atom stereocenters. The van der Waals surface area contributed by atoms with Crippen molar-refractivity contribution in [3.63, 3.8) is 0 Å². The molecule has 1 fully saturated rings. The SMILES string of the molecule is CC(C)(C)Oc1cc(-c2ccnc3[nH]ccc23)cc(N2CCN(SCc3ccc(F)cc3)CC2C(F)(F)F)n1. The molecule has 1 saturated heterocycles. The van der Waals surface area contributed by atoms with Gasteiger partial charge in [-0.3, -0.25) is 0 Å². The zero-order valence-electron chi connectivity index (χ0n) is 21.8. The van der Waals surface area contributed by atoms with Gasteiger partial charge >= 0.3 is 6.18 Å². The van der Waals surface area contributed by atoms with Gasteiger partial charge in [-0.05, 0) is 67.8 Å². The van der Waals surface area contributed by atoms with Crippen LogP contribution in [0.3, 0.4) is 0 Å². The van der Waals surface area contributed by atoms with Crippen molar-refractivity contribution in [2.24, 2.45) is 0 Å². The van der Waals surface area contributed by atoms with Crippen LogP contribution in [0.5, 0.6) is 5.88 Å². The van der Waals surface area contributed by atoms with Crippen LogP contribution in [0, 0.1) is 5.82 Å². The molecule has 0 radical (unpaired) electrons. The van der Waals surface area contributed by atoms with Crippen LogP contribution in [-0.2, 0) is 5.75 Å². The predicted molar refractivity (Wildman–Crippen MR) is 146 cm³/mol. The number of benzene rings is 1. The highest BCUT2D eigenvalue weighted by atomic mass is 32.2. The zero-order chi connectivity index (χ0) is 27.8. The summed E-state index contributed by atoms with van der Waals surface area (Å²) < 4.78 is 64.3. The van der Waals surface area contributed by atoms with Crippen LogP contribution in [-0.4, -0.2) is 56.7 Å². The van der Waals surface area contributed by atoms with E-state index in [2.05, 4.69) is 15.0 Å². The minimum Gasteiger partial charge on any atom is -0.472 e. The topological polar surface area (TPSA) is 57.3 Å². The first-order chi connectivity index (χ1) is 18.5. The number of nitrogens with zero attached hydrogens (tertiary/aromatic N) is 4. The molecule has 0 saturated carbocycles. The van der Waals surface area contributed by atoms with E-state index < -0.39 is 17.8 Å². The maximum absolute atomic E-state index is 14.4. The zero-order valence-corrected chi connectivity index (χ0v) is 22.6. The van der Waals surface area contributed by atoms with E-state index >= 15 is 0 Å². The number of nitrogens with one attached hydrogen (secondary N) is 1. The quantitative estimate of drug-likeness (QED) is 0.206. The van der Waals surface area contributed by atoms with Gasteiger partial charge in [-0.1, -0.05) is 24.1 Å². The van der Waals surface area contributed by atoms with Gasteiger partial charge in [0.05, 0.1) is 0 Å². The van der Waals surface area contributed by atoms with E-state index in [9.17, 15) is 17.6 Å². The number of halogens is 4. The fourth-order valence-corrected chi connectivity index (χ4v) is 5.53. The summed E-state index contributed by atoms with van der Waals surface area (Å²) in [4.78, 5) is 13.3. The Morgan fingerprint density at radius 3 is 2.54 bits per heavy atom. The summed E-state index contributed by atoms with van der Waals surface area (Å²) in [7, 11) is 0. The number of alkyl halides is 3. The van der Waals surface area contributed by atoms with Crippen LogP contribution < -0.4 is 9.64 Å². The number of pyridine rings is 2. The second-order valence-electron chi connectivity index (χ2n) is 10.4. The average Bonchev–Trinajstić information content (AvgIpc) is 3.36. The summed E-state index contributed by atoms with van der Waals surface area (Å²) in [5.74, 6) is 0.571. The van der Waals surface area contributed by atoms with Gasteiger partial charge in [0.25, 0.3) is 0 Å². The van der Waals surface area contributed by atoms with Crippen molar-refractivity contribution in [3.05, 3.63) is 72.3 Å². The largest absolute Gasteiger partial charge is 0.472 e. The molecule has 1 aromatic carbocycles. The lowest BCUT2D eigenvalue weighted by atomic mass is 10.0. The minimum absolute atomic E-state index is 0.127.